The number of hydrogen-bond donors (Lipinski definition) is 1. The lowest BCUT2D eigenvalue weighted by Gasteiger charge is -2.27. The lowest BCUT2D eigenvalue weighted by molar-refractivity contribution is -0.153. The van der Waals surface area contributed by atoms with Gasteiger partial charge in [-0.25, -0.2) is 0 Å². The summed E-state index contributed by atoms with van der Waals surface area (Å²) in [6, 6.07) is 4.81. The molecule has 1 aromatic carbocycles. The zero-order valence-electron chi connectivity index (χ0n) is 17.5. The molecule has 1 atom stereocenters. The number of anilines is 1. The van der Waals surface area contributed by atoms with Gasteiger partial charge >= 0.3 is 6.18 Å². The van der Waals surface area contributed by atoms with Crippen LogP contribution in [0.1, 0.15) is 24.0 Å². The summed E-state index contributed by atoms with van der Waals surface area (Å²) in [5.41, 5.74) is 3.66. The predicted octanol–water partition coefficient (Wildman–Crippen LogP) is 3.92. The predicted molar refractivity (Wildman–Crippen MR) is 110 cm³/mol. The lowest BCUT2D eigenvalue weighted by atomic mass is 9.93. The third kappa shape index (κ3) is 4.51. The maximum atomic E-state index is 12.8. The average molecular weight is 438 g/mol. The monoisotopic (exact) mass is 438 g/mol. The number of nitrogens with zero attached hydrogens (tertiary/aromatic N) is 1. The van der Waals surface area contributed by atoms with E-state index in [1.165, 1.54) is 7.11 Å². The number of nitrogens with one attached hydrogen (secondary N) is 1. The molecule has 0 spiro atoms. The number of aryl methyl sites for hydroxylation is 1. The molecule has 0 radical (unpaired) electrons. The highest BCUT2D eigenvalue weighted by molar-refractivity contribution is 5.76. The Bertz CT molecular complexity index is 1030. The number of rotatable bonds is 6. The van der Waals surface area contributed by atoms with Crippen molar-refractivity contribution in [3.8, 4) is 22.8 Å². The fraction of sp³-hybridized carbons (Fsp3) is 0.500. The van der Waals surface area contributed by atoms with E-state index in [2.05, 4.69) is 5.32 Å². The molecule has 0 bridgehead atoms. The third-order valence-electron chi connectivity index (χ3n) is 5.75. The van der Waals surface area contributed by atoms with E-state index in [1.54, 1.807) is 22.8 Å². The van der Waals surface area contributed by atoms with Gasteiger partial charge in [0.2, 0.25) is 0 Å². The quantitative estimate of drug-likeness (QED) is 0.741. The first kappa shape index (κ1) is 21.5. The number of aromatic nitrogens is 1. The molecular weight excluding hydrogens is 413 g/mol. The number of methoxy groups -OCH3 is 1. The largest absolute Gasteiger partial charge is 0.493 e. The second-order valence-electron chi connectivity index (χ2n) is 7.85. The Balaban J connectivity index is 1.73. The third-order valence-corrected chi connectivity index (χ3v) is 5.75. The summed E-state index contributed by atoms with van der Waals surface area (Å²) in [7, 11) is 1.39. The highest BCUT2D eigenvalue weighted by atomic mass is 19.4. The summed E-state index contributed by atoms with van der Waals surface area (Å²) in [5, 5.41) is 3.32. The van der Waals surface area contributed by atoms with Crippen LogP contribution >= 0.6 is 0 Å². The molecule has 1 N–H and O–H groups in total. The van der Waals surface area contributed by atoms with E-state index < -0.39 is 12.8 Å². The Morgan fingerprint density at radius 1 is 1.26 bits per heavy atom. The molecule has 168 valence electrons. The molecule has 2 aromatic rings. The Kier molecular flexibility index (Phi) is 5.88. The van der Waals surface area contributed by atoms with Gasteiger partial charge in [0.15, 0.2) is 18.1 Å². The minimum Gasteiger partial charge on any atom is -0.493 e. The standard InChI is InChI=1S/C22H25F3N2O4/c1-13-17(26-11-15-4-3-7-30-15)10-20(28)27-6-5-14-8-18(29-2)19(9-16(14)21(13)27)31-12-22(23,24)25/h8-10,15,26H,3-7,11-12H2,1-2H3. The zero-order chi connectivity index (χ0) is 22.2. The van der Waals surface area contributed by atoms with E-state index in [1.807, 2.05) is 6.92 Å². The van der Waals surface area contributed by atoms with Crippen LogP contribution in [0.25, 0.3) is 11.3 Å². The summed E-state index contributed by atoms with van der Waals surface area (Å²) in [4.78, 5) is 12.8. The van der Waals surface area contributed by atoms with E-state index in [0.717, 1.165) is 30.6 Å². The van der Waals surface area contributed by atoms with E-state index in [4.69, 9.17) is 14.2 Å². The van der Waals surface area contributed by atoms with Gasteiger partial charge in [-0.3, -0.25) is 4.79 Å². The van der Waals surface area contributed by atoms with E-state index >= 15 is 0 Å². The molecule has 0 saturated carbocycles. The van der Waals surface area contributed by atoms with Crippen molar-refractivity contribution in [2.45, 2.75) is 45.0 Å². The van der Waals surface area contributed by atoms with Crippen LogP contribution in [-0.2, 0) is 17.7 Å². The van der Waals surface area contributed by atoms with Crippen molar-refractivity contribution < 1.29 is 27.4 Å². The number of benzene rings is 1. The summed E-state index contributed by atoms with van der Waals surface area (Å²) >= 11 is 0. The van der Waals surface area contributed by atoms with Gasteiger partial charge in [-0.1, -0.05) is 0 Å². The minimum atomic E-state index is -4.47. The molecule has 3 heterocycles. The fourth-order valence-electron chi connectivity index (χ4n) is 4.23. The molecule has 2 aliphatic heterocycles. The Hall–Kier alpha value is -2.68. The summed E-state index contributed by atoms with van der Waals surface area (Å²) in [6.07, 6.45) is -1.80. The first-order chi connectivity index (χ1) is 14.8. The summed E-state index contributed by atoms with van der Waals surface area (Å²) in [5.74, 6) is 0.237. The van der Waals surface area contributed by atoms with Crippen LogP contribution in [0.2, 0.25) is 0 Å². The summed E-state index contributed by atoms with van der Waals surface area (Å²) < 4.78 is 55.7. The van der Waals surface area contributed by atoms with Crippen molar-refractivity contribution in [3.63, 3.8) is 0 Å². The fourth-order valence-corrected chi connectivity index (χ4v) is 4.23. The average Bonchev–Trinajstić information content (AvgIpc) is 3.25. The molecule has 1 fully saturated rings. The Morgan fingerprint density at radius 3 is 2.74 bits per heavy atom. The molecule has 1 saturated heterocycles. The van der Waals surface area contributed by atoms with Crippen molar-refractivity contribution >= 4 is 5.69 Å². The molecule has 2 aliphatic rings. The van der Waals surface area contributed by atoms with Gasteiger partial charge in [-0.05, 0) is 49.4 Å². The molecule has 4 rings (SSSR count). The van der Waals surface area contributed by atoms with Crippen molar-refractivity contribution in [2.75, 3.05) is 32.2 Å². The lowest BCUT2D eigenvalue weighted by Crippen LogP contribution is -2.28. The summed E-state index contributed by atoms with van der Waals surface area (Å²) in [6.45, 7) is 2.31. The van der Waals surface area contributed by atoms with E-state index in [9.17, 15) is 18.0 Å². The molecule has 0 amide bonds. The molecule has 31 heavy (non-hydrogen) atoms. The van der Waals surface area contributed by atoms with Gasteiger partial charge in [-0.15, -0.1) is 0 Å². The zero-order valence-corrected chi connectivity index (χ0v) is 17.5. The van der Waals surface area contributed by atoms with Crippen LogP contribution in [0.3, 0.4) is 0 Å². The van der Waals surface area contributed by atoms with Crippen molar-refractivity contribution in [2.24, 2.45) is 0 Å². The number of fused-ring (bicyclic) bond motifs is 3. The molecule has 6 nitrogen and oxygen atoms in total. The van der Waals surface area contributed by atoms with E-state index in [0.29, 0.717) is 36.5 Å². The maximum absolute atomic E-state index is 12.8. The smallest absolute Gasteiger partial charge is 0.422 e. The van der Waals surface area contributed by atoms with Crippen LogP contribution in [0.4, 0.5) is 18.9 Å². The van der Waals surface area contributed by atoms with Gasteiger partial charge in [0.1, 0.15) is 0 Å². The number of alkyl halides is 3. The molecule has 9 heteroatoms. The highest BCUT2D eigenvalue weighted by Crippen LogP contribution is 2.41. The highest BCUT2D eigenvalue weighted by Gasteiger charge is 2.30. The minimum absolute atomic E-state index is 0.00316. The topological polar surface area (TPSA) is 61.7 Å². The van der Waals surface area contributed by atoms with Crippen LogP contribution in [-0.4, -0.2) is 43.7 Å². The van der Waals surface area contributed by atoms with Crippen molar-refractivity contribution in [3.05, 3.63) is 39.7 Å². The maximum Gasteiger partial charge on any atom is 0.422 e. The van der Waals surface area contributed by atoms with Crippen LogP contribution in [0, 0.1) is 6.92 Å². The number of pyridine rings is 1. The number of ether oxygens (including phenoxy) is 3. The SMILES string of the molecule is COc1cc2c(cc1OCC(F)(F)F)-c1c(C)c(NCC3CCCO3)cc(=O)n1CC2. The first-order valence-electron chi connectivity index (χ1n) is 10.3. The van der Waals surface area contributed by atoms with Crippen LogP contribution in [0.15, 0.2) is 23.0 Å². The normalized spacial score (nSPS) is 17.8. The van der Waals surface area contributed by atoms with Gasteiger partial charge in [-0.2, -0.15) is 13.2 Å². The Labute approximate surface area is 177 Å². The Morgan fingerprint density at radius 2 is 2.06 bits per heavy atom. The molecule has 1 unspecified atom stereocenters. The van der Waals surface area contributed by atoms with Gasteiger partial charge < -0.3 is 24.1 Å². The molecule has 0 aliphatic carbocycles. The van der Waals surface area contributed by atoms with Gasteiger partial charge in [0.25, 0.3) is 5.56 Å². The molecule has 1 aromatic heterocycles. The van der Waals surface area contributed by atoms with Crippen molar-refractivity contribution in [1.29, 1.82) is 0 Å². The number of halogens is 3. The van der Waals surface area contributed by atoms with Crippen molar-refractivity contribution in [1.82, 2.24) is 4.57 Å². The van der Waals surface area contributed by atoms with Crippen LogP contribution < -0.4 is 20.3 Å². The number of hydrogen-bond acceptors (Lipinski definition) is 5. The second-order valence-corrected chi connectivity index (χ2v) is 7.85. The van der Waals surface area contributed by atoms with Crippen LogP contribution in [0.5, 0.6) is 11.5 Å². The molecular formula is C22H25F3N2O4. The van der Waals surface area contributed by atoms with Gasteiger partial charge in [0, 0.05) is 37.0 Å². The van der Waals surface area contributed by atoms with E-state index in [-0.39, 0.29) is 23.2 Å². The van der Waals surface area contributed by atoms with Gasteiger partial charge in [0.05, 0.1) is 18.9 Å². The first-order valence-corrected chi connectivity index (χ1v) is 10.3. The second kappa shape index (κ2) is 8.45.